The van der Waals surface area contributed by atoms with Gasteiger partial charge in [-0.2, -0.15) is 0 Å². The zero-order valence-corrected chi connectivity index (χ0v) is 21.8. The quantitative estimate of drug-likeness (QED) is 0.345. The summed E-state index contributed by atoms with van der Waals surface area (Å²) in [6.45, 7) is 2.39. The second-order valence-corrected chi connectivity index (χ2v) is 10.7. The lowest BCUT2D eigenvalue weighted by molar-refractivity contribution is -0.122. The summed E-state index contributed by atoms with van der Waals surface area (Å²) < 4.78 is 7.12. The summed E-state index contributed by atoms with van der Waals surface area (Å²) in [6, 6.07) is 16.1. The van der Waals surface area contributed by atoms with E-state index >= 15 is 0 Å². The molecule has 0 spiro atoms. The van der Waals surface area contributed by atoms with Crippen molar-refractivity contribution in [3.05, 3.63) is 81.1 Å². The number of hydrogen-bond acceptors (Lipinski definition) is 7. The molecular weight excluding hydrogens is 492 g/mol. The van der Waals surface area contributed by atoms with Crippen LogP contribution in [0.25, 0.3) is 11.7 Å². The van der Waals surface area contributed by atoms with E-state index in [0.29, 0.717) is 45.3 Å². The fraction of sp³-hybridized carbons (Fsp3) is 0.333. The highest BCUT2D eigenvalue weighted by atomic mass is 32.2. The van der Waals surface area contributed by atoms with Gasteiger partial charge in [-0.3, -0.25) is 18.9 Å². The number of aromatic nitrogens is 2. The molecule has 2 aliphatic heterocycles. The number of carbonyl (C=O) groups excluding carboxylic acids is 1. The highest BCUT2D eigenvalue weighted by Gasteiger charge is 2.33. The highest BCUT2D eigenvalue weighted by molar-refractivity contribution is 8.26. The average molecular weight is 521 g/mol. The van der Waals surface area contributed by atoms with Crippen LogP contribution in [0, 0.1) is 5.92 Å². The van der Waals surface area contributed by atoms with E-state index in [2.05, 4.69) is 29.2 Å². The summed E-state index contributed by atoms with van der Waals surface area (Å²) in [5.41, 5.74) is 2.18. The van der Waals surface area contributed by atoms with E-state index in [4.69, 9.17) is 21.9 Å². The standard InChI is InChI=1S/C27H28N4O3S2/c1-34-16-15-31-26(33)22(36-27(31)35)18-21-24(28-23-9-5-6-12-30(23)25(21)32)29-13-10-20(11-14-29)17-19-7-3-2-4-8-19/h2-9,12,18,20H,10-11,13-17H2,1H3/b22-18-. The van der Waals surface area contributed by atoms with Gasteiger partial charge in [0.1, 0.15) is 15.8 Å². The zero-order chi connectivity index (χ0) is 25.1. The molecule has 186 valence electrons. The molecule has 3 aromatic rings. The Bertz CT molecular complexity index is 1360. The Morgan fingerprint density at radius 1 is 1.11 bits per heavy atom. The lowest BCUT2D eigenvalue weighted by Gasteiger charge is -2.33. The highest BCUT2D eigenvalue weighted by Crippen LogP contribution is 2.34. The fourth-order valence-electron chi connectivity index (χ4n) is 4.76. The van der Waals surface area contributed by atoms with Gasteiger partial charge >= 0.3 is 0 Å². The van der Waals surface area contributed by atoms with Crippen molar-refractivity contribution in [1.82, 2.24) is 14.3 Å². The number of benzene rings is 1. The second kappa shape index (κ2) is 10.9. The van der Waals surface area contributed by atoms with E-state index in [1.165, 1.54) is 26.6 Å². The maximum Gasteiger partial charge on any atom is 0.267 e. The van der Waals surface area contributed by atoms with Gasteiger partial charge in [0, 0.05) is 26.4 Å². The minimum absolute atomic E-state index is 0.191. The van der Waals surface area contributed by atoms with Crippen LogP contribution in [0.3, 0.4) is 0 Å². The lowest BCUT2D eigenvalue weighted by Crippen LogP contribution is -2.37. The Kier molecular flexibility index (Phi) is 7.50. The van der Waals surface area contributed by atoms with Crippen LogP contribution in [-0.2, 0) is 16.0 Å². The van der Waals surface area contributed by atoms with Crippen molar-refractivity contribution >= 4 is 51.7 Å². The van der Waals surface area contributed by atoms with Crippen LogP contribution >= 0.6 is 24.0 Å². The molecule has 7 nitrogen and oxygen atoms in total. The molecule has 0 radical (unpaired) electrons. The van der Waals surface area contributed by atoms with Gasteiger partial charge in [-0.15, -0.1) is 0 Å². The summed E-state index contributed by atoms with van der Waals surface area (Å²) >= 11 is 6.64. The number of pyridine rings is 1. The van der Waals surface area contributed by atoms with Crippen LogP contribution in [0.5, 0.6) is 0 Å². The number of ether oxygens (including phenoxy) is 1. The van der Waals surface area contributed by atoms with E-state index in [1.54, 1.807) is 25.4 Å². The van der Waals surface area contributed by atoms with Gasteiger partial charge in [-0.25, -0.2) is 4.98 Å². The Hall–Kier alpha value is -3.01. The number of fused-ring (bicyclic) bond motifs is 1. The first-order chi connectivity index (χ1) is 17.5. The second-order valence-electron chi connectivity index (χ2n) is 9.03. The molecule has 0 atom stereocenters. The largest absolute Gasteiger partial charge is 0.383 e. The number of thiocarbonyl (C=S) groups is 1. The fourth-order valence-corrected chi connectivity index (χ4v) is 6.05. The number of piperidine rings is 1. The molecule has 2 aliphatic rings. The van der Waals surface area contributed by atoms with E-state index < -0.39 is 0 Å². The third-order valence-corrected chi connectivity index (χ3v) is 8.08. The molecule has 0 bridgehead atoms. The van der Waals surface area contributed by atoms with Crippen molar-refractivity contribution in [2.24, 2.45) is 5.92 Å². The van der Waals surface area contributed by atoms with E-state index in [0.717, 1.165) is 32.4 Å². The molecule has 1 amide bonds. The van der Waals surface area contributed by atoms with Crippen LogP contribution in [0.1, 0.15) is 24.0 Å². The minimum atomic E-state index is -0.202. The number of thioether (sulfide) groups is 1. The lowest BCUT2D eigenvalue weighted by atomic mass is 9.90. The summed E-state index contributed by atoms with van der Waals surface area (Å²) in [5, 5.41) is 0. The number of methoxy groups -OCH3 is 1. The van der Waals surface area contributed by atoms with E-state index in [1.807, 2.05) is 18.2 Å². The smallest absolute Gasteiger partial charge is 0.267 e. The molecule has 2 saturated heterocycles. The molecule has 0 saturated carbocycles. The van der Waals surface area contributed by atoms with Crippen molar-refractivity contribution in [3.63, 3.8) is 0 Å². The molecule has 1 aromatic carbocycles. The van der Waals surface area contributed by atoms with Gasteiger partial charge in [-0.05, 0) is 49.0 Å². The monoisotopic (exact) mass is 520 g/mol. The van der Waals surface area contributed by atoms with E-state index in [9.17, 15) is 9.59 Å². The number of amides is 1. The Morgan fingerprint density at radius 3 is 2.61 bits per heavy atom. The summed E-state index contributed by atoms with van der Waals surface area (Å²) in [6.07, 6.45) is 6.47. The molecule has 0 unspecified atom stereocenters. The van der Waals surface area contributed by atoms with Gasteiger partial charge in [-0.1, -0.05) is 60.4 Å². The molecule has 5 rings (SSSR count). The first-order valence-corrected chi connectivity index (χ1v) is 13.3. The first kappa shape index (κ1) is 24.7. The molecule has 2 aromatic heterocycles. The first-order valence-electron chi connectivity index (χ1n) is 12.1. The molecular formula is C27H28N4O3S2. The van der Waals surface area contributed by atoms with E-state index in [-0.39, 0.29) is 11.5 Å². The van der Waals surface area contributed by atoms with Crippen molar-refractivity contribution in [2.75, 3.05) is 38.3 Å². The van der Waals surface area contributed by atoms with Crippen LogP contribution in [0.2, 0.25) is 0 Å². The maximum atomic E-state index is 13.6. The molecule has 0 aliphatic carbocycles. The van der Waals surface area contributed by atoms with Gasteiger partial charge in [0.05, 0.1) is 23.6 Å². The van der Waals surface area contributed by atoms with Crippen molar-refractivity contribution < 1.29 is 9.53 Å². The molecule has 2 fully saturated rings. The van der Waals surface area contributed by atoms with Crippen LogP contribution in [0.4, 0.5) is 5.82 Å². The molecule has 36 heavy (non-hydrogen) atoms. The maximum absolute atomic E-state index is 13.6. The molecule has 4 heterocycles. The predicted octanol–water partition coefficient (Wildman–Crippen LogP) is 4.00. The normalized spacial score (nSPS) is 18.1. The van der Waals surface area contributed by atoms with Crippen molar-refractivity contribution in [3.8, 4) is 0 Å². The Morgan fingerprint density at radius 2 is 1.86 bits per heavy atom. The van der Waals surface area contributed by atoms with Gasteiger partial charge < -0.3 is 9.64 Å². The Balaban J connectivity index is 1.45. The zero-order valence-electron chi connectivity index (χ0n) is 20.1. The SMILES string of the molecule is COCCN1C(=O)/C(=C/c2c(N3CCC(Cc4ccccc4)CC3)nc3ccccn3c2=O)SC1=S. The third-order valence-electron chi connectivity index (χ3n) is 6.70. The predicted molar refractivity (Wildman–Crippen MR) is 148 cm³/mol. The number of nitrogens with zero attached hydrogens (tertiary/aromatic N) is 4. The van der Waals surface area contributed by atoms with Crippen LogP contribution in [0.15, 0.2) is 64.4 Å². The summed E-state index contributed by atoms with van der Waals surface area (Å²) in [7, 11) is 1.59. The van der Waals surface area contributed by atoms with Crippen LogP contribution < -0.4 is 10.5 Å². The third kappa shape index (κ3) is 5.09. The number of anilines is 1. The van der Waals surface area contributed by atoms with Crippen molar-refractivity contribution in [1.29, 1.82) is 0 Å². The number of hydrogen-bond donors (Lipinski definition) is 0. The molecule has 0 N–H and O–H groups in total. The number of rotatable bonds is 7. The summed E-state index contributed by atoms with van der Waals surface area (Å²) in [5.74, 6) is 1.02. The average Bonchev–Trinajstić information content (AvgIpc) is 3.17. The topological polar surface area (TPSA) is 67.2 Å². The van der Waals surface area contributed by atoms with Gasteiger partial charge in [0.2, 0.25) is 0 Å². The van der Waals surface area contributed by atoms with Gasteiger partial charge in [0.25, 0.3) is 11.5 Å². The minimum Gasteiger partial charge on any atom is -0.383 e. The van der Waals surface area contributed by atoms with Crippen molar-refractivity contribution in [2.45, 2.75) is 19.3 Å². The Labute approximate surface area is 219 Å². The summed E-state index contributed by atoms with van der Waals surface area (Å²) in [4.78, 5) is 35.7. The van der Waals surface area contributed by atoms with Crippen LogP contribution in [-0.4, -0.2) is 57.9 Å². The van der Waals surface area contributed by atoms with Gasteiger partial charge in [0.15, 0.2) is 0 Å². The number of carbonyl (C=O) groups is 1. The molecule has 9 heteroatoms.